The first kappa shape index (κ1) is 12.7. The van der Waals surface area contributed by atoms with E-state index in [4.69, 9.17) is 0 Å². The van der Waals surface area contributed by atoms with Crippen molar-refractivity contribution in [1.29, 1.82) is 0 Å². The average Bonchev–Trinajstić information content (AvgIpc) is 2.82. The van der Waals surface area contributed by atoms with Crippen molar-refractivity contribution in [2.45, 2.75) is 27.2 Å². The van der Waals surface area contributed by atoms with Crippen molar-refractivity contribution in [2.24, 2.45) is 0 Å². The molecule has 2 aromatic rings. The molecule has 3 rings (SSSR count). The van der Waals surface area contributed by atoms with Gasteiger partial charge < -0.3 is 0 Å². The fourth-order valence-corrected chi connectivity index (χ4v) is 3.77. The summed E-state index contributed by atoms with van der Waals surface area (Å²) >= 11 is 3.84. The summed E-state index contributed by atoms with van der Waals surface area (Å²) in [5.41, 5.74) is 9.54. The topological polar surface area (TPSA) is 0 Å². The lowest BCUT2D eigenvalue weighted by Gasteiger charge is -2.16. The van der Waals surface area contributed by atoms with E-state index >= 15 is 0 Å². The molecule has 2 aromatic carbocycles. The van der Waals surface area contributed by atoms with Gasteiger partial charge in [-0.05, 0) is 82.1 Å². The van der Waals surface area contributed by atoms with Gasteiger partial charge in [0.05, 0.1) is 0 Å². The first-order chi connectivity index (χ1) is 9.09. The lowest BCUT2D eigenvalue weighted by molar-refractivity contribution is 1.25. The molecular formula is C18H17Br. The normalized spacial score (nSPS) is 12.8. The molecule has 0 nitrogen and oxygen atoms in total. The van der Waals surface area contributed by atoms with E-state index in [0.29, 0.717) is 0 Å². The highest BCUT2D eigenvalue weighted by atomic mass is 79.9. The van der Waals surface area contributed by atoms with Gasteiger partial charge in [0.2, 0.25) is 0 Å². The van der Waals surface area contributed by atoms with Crippen LogP contribution >= 0.6 is 15.9 Å². The van der Waals surface area contributed by atoms with Crippen LogP contribution in [-0.4, -0.2) is 0 Å². The van der Waals surface area contributed by atoms with Crippen LogP contribution in [0.2, 0.25) is 0 Å². The Balaban J connectivity index is 2.30. The van der Waals surface area contributed by atoms with Gasteiger partial charge in [0.15, 0.2) is 0 Å². The van der Waals surface area contributed by atoms with Crippen molar-refractivity contribution >= 4 is 22.0 Å². The van der Waals surface area contributed by atoms with Crippen LogP contribution in [0, 0.1) is 20.8 Å². The maximum absolute atomic E-state index is 3.84. The highest BCUT2D eigenvalue weighted by molar-refractivity contribution is 9.10. The monoisotopic (exact) mass is 312 g/mol. The largest absolute Gasteiger partial charge is 0.0795 e. The third kappa shape index (κ3) is 1.97. The van der Waals surface area contributed by atoms with Crippen LogP contribution in [0.4, 0.5) is 0 Å². The maximum Gasteiger partial charge on any atom is 0.0297 e. The van der Waals surface area contributed by atoms with Gasteiger partial charge in [-0.3, -0.25) is 0 Å². The van der Waals surface area contributed by atoms with Crippen LogP contribution < -0.4 is 0 Å². The van der Waals surface area contributed by atoms with Gasteiger partial charge in [-0.15, -0.1) is 0 Å². The molecule has 0 bridgehead atoms. The Morgan fingerprint density at radius 2 is 1.84 bits per heavy atom. The quantitative estimate of drug-likeness (QED) is 0.642. The number of halogens is 1. The fraction of sp³-hybridized carbons (Fsp3) is 0.222. The average molecular weight is 313 g/mol. The lowest BCUT2D eigenvalue weighted by atomic mass is 9.91. The summed E-state index contributed by atoms with van der Waals surface area (Å²) in [7, 11) is 0. The molecule has 0 saturated heterocycles. The Hall–Kier alpha value is -1.34. The predicted molar refractivity (Wildman–Crippen MR) is 86.5 cm³/mol. The number of aryl methyl sites for hydroxylation is 2. The number of allylic oxidation sites excluding steroid dienone is 1. The Morgan fingerprint density at radius 1 is 1.05 bits per heavy atom. The first-order valence-corrected chi connectivity index (χ1v) is 7.44. The Morgan fingerprint density at radius 3 is 2.63 bits per heavy atom. The molecule has 0 aromatic heterocycles. The first-order valence-electron chi connectivity index (χ1n) is 6.64. The van der Waals surface area contributed by atoms with Gasteiger partial charge in [0.25, 0.3) is 0 Å². The van der Waals surface area contributed by atoms with E-state index in [1.54, 1.807) is 0 Å². The lowest BCUT2D eigenvalue weighted by Crippen LogP contribution is -1.95. The smallest absolute Gasteiger partial charge is 0.0297 e. The number of rotatable bonds is 1. The summed E-state index contributed by atoms with van der Waals surface area (Å²) < 4.78 is 1.27. The van der Waals surface area contributed by atoms with Gasteiger partial charge >= 0.3 is 0 Å². The Labute approximate surface area is 123 Å². The summed E-state index contributed by atoms with van der Waals surface area (Å²) in [5, 5.41) is 0. The van der Waals surface area contributed by atoms with Crippen molar-refractivity contribution in [1.82, 2.24) is 0 Å². The van der Waals surface area contributed by atoms with Crippen molar-refractivity contribution in [3.05, 3.63) is 62.6 Å². The predicted octanol–water partition coefficient (Wildman–Crippen LogP) is 5.61. The maximum atomic E-state index is 3.84. The van der Waals surface area contributed by atoms with Crippen LogP contribution in [-0.2, 0) is 6.42 Å². The van der Waals surface area contributed by atoms with E-state index < -0.39 is 0 Å². The number of hydrogen-bond donors (Lipinski definition) is 0. The minimum absolute atomic E-state index is 1.04. The molecule has 0 saturated carbocycles. The van der Waals surface area contributed by atoms with Crippen molar-refractivity contribution in [2.75, 3.05) is 0 Å². The third-order valence-corrected chi connectivity index (χ3v) is 4.97. The Kier molecular flexibility index (Phi) is 3.10. The molecule has 0 unspecified atom stereocenters. The van der Waals surface area contributed by atoms with Crippen LogP contribution in [0.25, 0.3) is 17.2 Å². The second-order valence-electron chi connectivity index (χ2n) is 5.30. The van der Waals surface area contributed by atoms with Crippen LogP contribution in [0.3, 0.4) is 0 Å². The third-order valence-electron chi connectivity index (χ3n) is 4.09. The molecule has 0 spiro atoms. The van der Waals surface area contributed by atoms with Crippen LogP contribution in [0.15, 0.2) is 34.8 Å². The molecule has 1 heteroatoms. The number of benzene rings is 2. The molecule has 96 valence electrons. The molecule has 19 heavy (non-hydrogen) atoms. The van der Waals surface area contributed by atoms with E-state index in [1.807, 2.05) is 0 Å². The van der Waals surface area contributed by atoms with Gasteiger partial charge in [-0.2, -0.15) is 0 Å². The standard InChI is InChI=1S/C18H17Br/c1-11-6-4-8-15(13(11)3)17-12(2)10-14-7-5-9-16(14)18(17)19/h4-8,10H,9H2,1-3H3. The van der Waals surface area contributed by atoms with Crippen molar-refractivity contribution in [3.8, 4) is 11.1 Å². The number of hydrogen-bond acceptors (Lipinski definition) is 0. The highest BCUT2D eigenvalue weighted by Gasteiger charge is 2.17. The second-order valence-corrected chi connectivity index (χ2v) is 6.10. The molecule has 1 aliphatic carbocycles. The zero-order valence-corrected chi connectivity index (χ0v) is 13.1. The van der Waals surface area contributed by atoms with Gasteiger partial charge in [0, 0.05) is 4.47 Å². The van der Waals surface area contributed by atoms with E-state index in [2.05, 4.69) is 73.1 Å². The van der Waals surface area contributed by atoms with Gasteiger partial charge in [0.1, 0.15) is 0 Å². The number of fused-ring (bicyclic) bond motifs is 1. The van der Waals surface area contributed by atoms with Crippen molar-refractivity contribution in [3.63, 3.8) is 0 Å². The fourth-order valence-electron chi connectivity index (χ4n) is 2.86. The van der Waals surface area contributed by atoms with Crippen LogP contribution in [0.1, 0.15) is 27.8 Å². The molecule has 0 fully saturated rings. The second kappa shape index (κ2) is 4.64. The van der Waals surface area contributed by atoms with Crippen molar-refractivity contribution < 1.29 is 0 Å². The summed E-state index contributed by atoms with van der Waals surface area (Å²) in [5.74, 6) is 0. The minimum atomic E-state index is 1.04. The highest BCUT2D eigenvalue weighted by Crippen LogP contribution is 2.40. The van der Waals surface area contributed by atoms with E-state index in [0.717, 1.165) is 6.42 Å². The Bertz CT molecular complexity index is 693. The van der Waals surface area contributed by atoms with E-state index in [9.17, 15) is 0 Å². The van der Waals surface area contributed by atoms with E-state index in [1.165, 1.54) is 43.4 Å². The molecule has 1 aliphatic rings. The summed E-state index contributed by atoms with van der Waals surface area (Å²) in [6, 6.07) is 8.86. The summed E-state index contributed by atoms with van der Waals surface area (Å²) in [6.07, 6.45) is 5.50. The molecular weight excluding hydrogens is 296 g/mol. The SMILES string of the molecule is Cc1cccc(-c2c(C)cc3c(c2Br)CC=C3)c1C. The zero-order valence-electron chi connectivity index (χ0n) is 11.5. The summed E-state index contributed by atoms with van der Waals surface area (Å²) in [6.45, 7) is 6.59. The zero-order chi connectivity index (χ0) is 13.6. The summed E-state index contributed by atoms with van der Waals surface area (Å²) in [4.78, 5) is 0. The molecule has 0 aliphatic heterocycles. The molecule has 0 radical (unpaired) electrons. The molecule has 0 N–H and O–H groups in total. The minimum Gasteiger partial charge on any atom is -0.0795 e. The van der Waals surface area contributed by atoms with E-state index in [-0.39, 0.29) is 0 Å². The molecule has 0 amide bonds. The van der Waals surface area contributed by atoms with Gasteiger partial charge in [-0.1, -0.05) is 36.4 Å². The molecule has 0 heterocycles. The van der Waals surface area contributed by atoms with Crippen LogP contribution in [0.5, 0.6) is 0 Å². The molecule has 0 atom stereocenters. The van der Waals surface area contributed by atoms with Gasteiger partial charge in [-0.25, -0.2) is 0 Å².